The van der Waals surface area contributed by atoms with E-state index in [4.69, 9.17) is 11.6 Å². The van der Waals surface area contributed by atoms with E-state index in [1.165, 1.54) is 6.07 Å². The first kappa shape index (κ1) is 23.3. The Kier molecular flexibility index (Phi) is 6.76. The quantitative estimate of drug-likeness (QED) is 0.520. The number of aryl methyl sites for hydroxylation is 1. The first-order valence-electron chi connectivity index (χ1n) is 10.7. The van der Waals surface area contributed by atoms with Crippen molar-refractivity contribution < 1.29 is 18.0 Å². The van der Waals surface area contributed by atoms with Crippen molar-refractivity contribution in [1.82, 2.24) is 20.4 Å². The van der Waals surface area contributed by atoms with E-state index >= 15 is 0 Å². The van der Waals surface area contributed by atoms with Crippen LogP contribution in [0.25, 0.3) is 11.1 Å². The van der Waals surface area contributed by atoms with E-state index in [-0.39, 0.29) is 11.6 Å². The number of nitrogens with one attached hydrogen (secondary N) is 2. The van der Waals surface area contributed by atoms with E-state index in [0.717, 1.165) is 54.6 Å². The van der Waals surface area contributed by atoms with Gasteiger partial charge < -0.3 is 10.6 Å². The molecule has 0 bridgehead atoms. The summed E-state index contributed by atoms with van der Waals surface area (Å²) in [6, 6.07) is 10.5. The molecule has 2 aromatic carbocycles. The molecule has 174 valence electrons. The van der Waals surface area contributed by atoms with Crippen LogP contribution in [0.4, 0.5) is 13.2 Å². The molecule has 1 aliphatic rings. The van der Waals surface area contributed by atoms with Gasteiger partial charge in [-0.25, -0.2) is 0 Å². The van der Waals surface area contributed by atoms with Crippen LogP contribution in [0.1, 0.15) is 46.8 Å². The van der Waals surface area contributed by atoms with Crippen LogP contribution in [0.5, 0.6) is 0 Å². The molecule has 1 amide bonds. The lowest BCUT2D eigenvalue weighted by atomic mass is 9.91. The molecular formula is C24H24ClF3N4O. The minimum atomic E-state index is -4.64. The van der Waals surface area contributed by atoms with Crippen molar-refractivity contribution in [2.75, 3.05) is 6.54 Å². The van der Waals surface area contributed by atoms with Gasteiger partial charge in [0.15, 0.2) is 0 Å². The minimum absolute atomic E-state index is 0.0405. The van der Waals surface area contributed by atoms with Crippen LogP contribution in [0.15, 0.2) is 54.9 Å². The normalized spacial score (nSPS) is 17.5. The van der Waals surface area contributed by atoms with E-state index in [2.05, 4.69) is 15.7 Å². The van der Waals surface area contributed by atoms with Gasteiger partial charge in [-0.1, -0.05) is 36.2 Å². The fourth-order valence-corrected chi connectivity index (χ4v) is 4.39. The number of rotatable bonds is 5. The fraction of sp³-hybridized carbons (Fsp3) is 0.333. The van der Waals surface area contributed by atoms with Crippen LogP contribution >= 0.6 is 11.6 Å². The highest BCUT2D eigenvalue weighted by molar-refractivity contribution is 6.31. The molecule has 0 spiro atoms. The molecule has 0 aliphatic carbocycles. The van der Waals surface area contributed by atoms with Crippen molar-refractivity contribution in [2.45, 2.75) is 37.5 Å². The molecule has 0 radical (unpaired) electrons. The molecule has 2 N–H and O–H groups in total. The topological polar surface area (TPSA) is 59.0 Å². The summed E-state index contributed by atoms with van der Waals surface area (Å²) < 4.78 is 41.6. The van der Waals surface area contributed by atoms with E-state index in [0.29, 0.717) is 0 Å². The third-order valence-electron chi connectivity index (χ3n) is 5.86. The number of benzene rings is 2. The van der Waals surface area contributed by atoms with Crippen LogP contribution in [-0.4, -0.2) is 28.3 Å². The Morgan fingerprint density at radius 2 is 2.03 bits per heavy atom. The monoisotopic (exact) mass is 476 g/mol. The first-order chi connectivity index (χ1) is 15.7. The lowest BCUT2D eigenvalue weighted by Crippen LogP contribution is -2.46. The third kappa shape index (κ3) is 5.39. The molecule has 1 saturated heterocycles. The summed E-state index contributed by atoms with van der Waals surface area (Å²) in [6.07, 6.45) is 1.91. The average Bonchev–Trinajstić information content (AvgIpc) is 3.24. The van der Waals surface area contributed by atoms with Crippen molar-refractivity contribution in [3.05, 3.63) is 76.6 Å². The maximum absolute atomic E-state index is 13.3. The second-order valence-electron chi connectivity index (χ2n) is 8.23. The van der Waals surface area contributed by atoms with Gasteiger partial charge in [0.25, 0.3) is 5.91 Å². The van der Waals surface area contributed by atoms with Gasteiger partial charge in [0, 0.05) is 30.4 Å². The zero-order valence-electron chi connectivity index (χ0n) is 18.0. The molecule has 0 saturated carbocycles. The first-order valence-corrected chi connectivity index (χ1v) is 11.1. The van der Waals surface area contributed by atoms with E-state index < -0.39 is 28.7 Å². The highest BCUT2D eigenvalue weighted by Gasteiger charge is 2.34. The standard InChI is InChI=1S/C24H24ClF3N4O/c1-32-14-18(13-30-32)15-5-4-6-16(11-15)22(21-7-2-3-10-29-21)31-23(33)17-8-9-20(25)19(12-17)24(26,27)28/h4-6,8-9,11-14,21-22,29H,2-3,7,10H2,1H3,(H,31,33)/t21-,22-/m0/s1. The summed E-state index contributed by atoms with van der Waals surface area (Å²) in [6.45, 7) is 0.818. The molecule has 5 nitrogen and oxygen atoms in total. The van der Waals surface area contributed by atoms with Crippen LogP contribution in [-0.2, 0) is 13.2 Å². The Labute approximate surface area is 194 Å². The van der Waals surface area contributed by atoms with Crippen molar-refractivity contribution in [3.8, 4) is 11.1 Å². The Bertz CT molecular complexity index is 1140. The van der Waals surface area contributed by atoms with E-state index in [1.807, 2.05) is 37.5 Å². The number of hydrogen-bond donors (Lipinski definition) is 2. The average molecular weight is 477 g/mol. The molecule has 9 heteroatoms. The van der Waals surface area contributed by atoms with Crippen molar-refractivity contribution in [1.29, 1.82) is 0 Å². The van der Waals surface area contributed by atoms with E-state index in [1.54, 1.807) is 10.9 Å². The molecule has 4 rings (SSSR count). The number of aromatic nitrogens is 2. The van der Waals surface area contributed by atoms with Crippen molar-refractivity contribution in [2.24, 2.45) is 7.05 Å². The number of nitrogens with zero attached hydrogens (tertiary/aromatic N) is 2. The maximum Gasteiger partial charge on any atom is 0.417 e. The number of carbonyl (C=O) groups is 1. The van der Waals surface area contributed by atoms with Crippen LogP contribution in [0, 0.1) is 0 Å². The van der Waals surface area contributed by atoms with Crippen molar-refractivity contribution in [3.63, 3.8) is 0 Å². The smallest absolute Gasteiger partial charge is 0.344 e. The van der Waals surface area contributed by atoms with Gasteiger partial charge in [0.1, 0.15) is 0 Å². The van der Waals surface area contributed by atoms with Crippen LogP contribution < -0.4 is 10.6 Å². The van der Waals surface area contributed by atoms with Gasteiger partial charge in [0.05, 0.1) is 22.8 Å². The molecular weight excluding hydrogens is 453 g/mol. The zero-order chi connectivity index (χ0) is 23.6. The van der Waals surface area contributed by atoms with Crippen LogP contribution in [0.2, 0.25) is 5.02 Å². The number of amides is 1. The molecule has 2 heterocycles. The zero-order valence-corrected chi connectivity index (χ0v) is 18.7. The predicted octanol–water partition coefficient (Wildman–Crippen LogP) is 5.37. The summed E-state index contributed by atoms with van der Waals surface area (Å²) in [7, 11) is 1.84. The molecule has 0 unspecified atom stereocenters. The van der Waals surface area contributed by atoms with Gasteiger partial charge in [0.2, 0.25) is 0 Å². The number of piperidine rings is 1. The SMILES string of the molecule is Cn1cc(-c2cccc([C@H](NC(=O)c3ccc(Cl)c(C(F)(F)F)c3)[C@@H]3CCCCN3)c2)cn1. The number of alkyl halides is 3. The number of carbonyl (C=O) groups excluding carboxylic acids is 1. The second kappa shape index (κ2) is 9.57. The van der Waals surface area contributed by atoms with Gasteiger partial charge in [-0.2, -0.15) is 18.3 Å². The molecule has 1 aromatic heterocycles. The Morgan fingerprint density at radius 3 is 2.70 bits per heavy atom. The summed E-state index contributed by atoms with van der Waals surface area (Å²) >= 11 is 5.72. The van der Waals surface area contributed by atoms with E-state index in [9.17, 15) is 18.0 Å². The molecule has 3 aromatic rings. The largest absolute Gasteiger partial charge is 0.417 e. The lowest BCUT2D eigenvalue weighted by Gasteiger charge is -2.32. The third-order valence-corrected chi connectivity index (χ3v) is 6.18. The summed E-state index contributed by atoms with van der Waals surface area (Å²) in [5.41, 5.74) is 1.64. The molecule has 2 atom stereocenters. The number of hydrogen-bond acceptors (Lipinski definition) is 3. The Hall–Kier alpha value is -2.84. The van der Waals surface area contributed by atoms with Crippen LogP contribution in [0.3, 0.4) is 0 Å². The minimum Gasteiger partial charge on any atom is -0.344 e. The Balaban J connectivity index is 1.66. The predicted molar refractivity (Wildman–Crippen MR) is 121 cm³/mol. The summed E-state index contributed by atoms with van der Waals surface area (Å²) in [5.74, 6) is -0.582. The highest BCUT2D eigenvalue weighted by Crippen LogP contribution is 2.35. The molecule has 1 aliphatic heterocycles. The molecule has 33 heavy (non-hydrogen) atoms. The van der Waals surface area contributed by atoms with Gasteiger partial charge in [-0.05, 0) is 54.8 Å². The van der Waals surface area contributed by atoms with Gasteiger partial charge in [-0.15, -0.1) is 0 Å². The van der Waals surface area contributed by atoms with Crippen molar-refractivity contribution >= 4 is 17.5 Å². The van der Waals surface area contributed by atoms with Gasteiger partial charge >= 0.3 is 6.18 Å². The lowest BCUT2D eigenvalue weighted by molar-refractivity contribution is -0.137. The molecule has 1 fully saturated rings. The number of halogens is 4. The second-order valence-corrected chi connectivity index (χ2v) is 8.64. The maximum atomic E-state index is 13.3. The Morgan fingerprint density at radius 1 is 1.21 bits per heavy atom. The van der Waals surface area contributed by atoms with Gasteiger partial charge in [-0.3, -0.25) is 9.48 Å². The fourth-order valence-electron chi connectivity index (χ4n) is 4.17. The summed E-state index contributed by atoms with van der Waals surface area (Å²) in [5, 5.41) is 10.2. The summed E-state index contributed by atoms with van der Waals surface area (Å²) in [4.78, 5) is 13.1. The highest BCUT2D eigenvalue weighted by atomic mass is 35.5.